The van der Waals surface area contributed by atoms with Gasteiger partial charge < -0.3 is 10.6 Å². The van der Waals surface area contributed by atoms with Crippen LogP contribution in [-0.4, -0.2) is 27.5 Å². The molecule has 2 atom stereocenters. The summed E-state index contributed by atoms with van der Waals surface area (Å²) in [5.41, 5.74) is 5.59. The highest BCUT2D eigenvalue weighted by atomic mass is 16.6. The van der Waals surface area contributed by atoms with Gasteiger partial charge in [-0.25, -0.2) is 4.98 Å². The van der Waals surface area contributed by atoms with Gasteiger partial charge in [0, 0.05) is 12.6 Å². The van der Waals surface area contributed by atoms with Crippen LogP contribution in [-0.2, 0) is 0 Å². The first kappa shape index (κ1) is 13.1. The van der Waals surface area contributed by atoms with Gasteiger partial charge in [0.2, 0.25) is 11.8 Å². The van der Waals surface area contributed by atoms with Gasteiger partial charge in [-0.05, 0) is 31.6 Å². The van der Waals surface area contributed by atoms with Crippen LogP contribution >= 0.6 is 0 Å². The van der Waals surface area contributed by atoms with Gasteiger partial charge in [-0.15, -0.1) is 0 Å². The predicted molar refractivity (Wildman–Crippen MR) is 75.4 cm³/mol. The molecule has 2 aliphatic rings. The van der Waals surface area contributed by atoms with Crippen molar-refractivity contribution in [2.75, 3.05) is 17.2 Å². The molecule has 1 saturated heterocycles. The Morgan fingerprint density at radius 2 is 2.05 bits per heavy atom. The molecule has 0 bridgehead atoms. The van der Waals surface area contributed by atoms with Crippen LogP contribution < -0.4 is 10.6 Å². The lowest BCUT2D eigenvalue weighted by Crippen LogP contribution is -2.47. The standard InChI is InChI=1S/C13H19N5O2/c14-13-15-8-11(18(19)20)12(16-13)17-7-3-5-9-4-1-2-6-10(9)17/h8-10H,1-7H2,(H2,14,15,16). The molecule has 2 N–H and O–H groups in total. The first-order valence-electron chi connectivity index (χ1n) is 7.20. The molecule has 20 heavy (non-hydrogen) atoms. The van der Waals surface area contributed by atoms with E-state index in [4.69, 9.17) is 5.73 Å². The quantitative estimate of drug-likeness (QED) is 0.656. The molecule has 2 unspecified atom stereocenters. The van der Waals surface area contributed by atoms with Gasteiger partial charge in [-0.3, -0.25) is 10.1 Å². The second kappa shape index (κ2) is 5.22. The van der Waals surface area contributed by atoms with Crippen LogP contribution in [0, 0.1) is 16.0 Å². The van der Waals surface area contributed by atoms with Gasteiger partial charge in [0.15, 0.2) is 0 Å². The maximum Gasteiger partial charge on any atom is 0.329 e. The maximum atomic E-state index is 11.2. The summed E-state index contributed by atoms with van der Waals surface area (Å²) in [6.45, 7) is 0.818. The molecule has 1 saturated carbocycles. The van der Waals surface area contributed by atoms with Crippen LogP contribution in [0.15, 0.2) is 6.20 Å². The summed E-state index contributed by atoms with van der Waals surface area (Å²) < 4.78 is 0. The largest absolute Gasteiger partial charge is 0.368 e. The molecule has 2 heterocycles. The minimum atomic E-state index is -0.415. The molecule has 7 heteroatoms. The molecule has 7 nitrogen and oxygen atoms in total. The number of anilines is 2. The molecule has 3 rings (SSSR count). The molecule has 1 aromatic heterocycles. The third kappa shape index (κ3) is 2.28. The third-order valence-electron chi connectivity index (χ3n) is 4.48. The maximum absolute atomic E-state index is 11.2. The van der Waals surface area contributed by atoms with Gasteiger partial charge in [-0.1, -0.05) is 12.8 Å². The Labute approximate surface area is 117 Å². The lowest BCUT2D eigenvalue weighted by molar-refractivity contribution is -0.384. The first-order valence-corrected chi connectivity index (χ1v) is 7.20. The summed E-state index contributed by atoms with van der Waals surface area (Å²) in [5, 5.41) is 11.2. The zero-order valence-electron chi connectivity index (χ0n) is 11.4. The van der Waals surface area contributed by atoms with E-state index in [9.17, 15) is 10.1 Å². The first-order chi connectivity index (χ1) is 9.66. The van der Waals surface area contributed by atoms with Crippen molar-refractivity contribution in [2.45, 2.75) is 44.6 Å². The number of fused-ring (bicyclic) bond motifs is 1. The van der Waals surface area contributed by atoms with E-state index in [1.165, 1.54) is 31.9 Å². The lowest BCUT2D eigenvalue weighted by Gasteiger charge is -2.44. The van der Waals surface area contributed by atoms with Crippen LogP contribution in [0.2, 0.25) is 0 Å². The molecule has 1 aliphatic heterocycles. The van der Waals surface area contributed by atoms with Crippen molar-refractivity contribution in [1.82, 2.24) is 9.97 Å². The number of nitro groups is 1. The highest BCUT2D eigenvalue weighted by molar-refractivity contribution is 5.59. The summed E-state index contributed by atoms with van der Waals surface area (Å²) in [4.78, 5) is 20.8. The molecule has 1 aliphatic carbocycles. The Morgan fingerprint density at radius 3 is 2.85 bits per heavy atom. The van der Waals surface area contributed by atoms with Crippen molar-refractivity contribution in [1.29, 1.82) is 0 Å². The molecule has 0 spiro atoms. The average Bonchev–Trinajstić information content (AvgIpc) is 2.46. The van der Waals surface area contributed by atoms with Crippen molar-refractivity contribution >= 4 is 17.5 Å². The second-order valence-electron chi connectivity index (χ2n) is 5.64. The van der Waals surface area contributed by atoms with E-state index in [2.05, 4.69) is 14.9 Å². The number of nitrogen functional groups attached to an aromatic ring is 1. The predicted octanol–water partition coefficient (Wildman–Crippen LogP) is 2.13. The highest BCUT2D eigenvalue weighted by Crippen LogP contribution is 2.39. The molecule has 108 valence electrons. The monoisotopic (exact) mass is 277 g/mol. The lowest BCUT2D eigenvalue weighted by atomic mass is 9.78. The van der Waals surface area contributed by atoms with Crippen LogP contribution in [0.25, 0.3) is 0 Å². The number of piperidine rings is 1. The second-order valence-corrected chi connectivity index (χ2v) is 5.64. The fourth-order valence-electron chi connectivity index (χ4n) is 3.61. The molecule has 0 aromatic carbocycles. The number of hydrogen-bond acceptors (Lipinski definition) is 6. The fourth-order valence-corrected chi connectivity index (χ4v) is 3.61. The summed E-state index contributed by atoms with van der Waals surface area (Å²) in [5.74, 6) is 1.14. The van der Waals surface area contributed by atoms with E-state index in [1.54, 1.807) is 0 Å². The van der Waals surface area contributed by atoms with E-state index < -0.39 is 4.92 Å². The van der Waals surface area contributed by atoms with Crippen LogP contribution in [0.5, 0.6) is 0 Å². The third-order valence-corrected chi connectivity index (χ3v) is 4.48. The number of rotatable bonds is 2. The van der Waals surface area contributed by atoms with Crippen LogP contribution in [0.4, 0.5) is 17.5 Å². The Morgan fingerprint density at radius 1 is 1.30 bits per heavy atom. The minimum absolute atomic E-state index is 0.0366. The SMILES string of the molecule is Nc1ncc([N+](=O)[O-])c(N2CCCC3CCCCC32)n1. The molecule has 0 amide bonds. The van der Waals surface area contributed by atoms with Gasteiger partial charge in [0.1, 0.15) is 6.20 Å². The van der Waals surface area contributed by atoms with Crippen molar-refractivity contribution in [3.63, 3.8) is 0 Å². The van der Waals surface area contributed by atoms with Gasteiger partial charge in [-0.2, -0.15) is 4.98 Å². The normalized spacial score (nSPS) is 26.1. The molecular formula is C13H19N5O2. The Bertz CT molecular complexity index is 519. The van der Waals surface area contributed by atoms with E-state index in [0.29, 0.717) is 17.8 Å². The Kier molecular flexibility index (Phi) is 3.42. The minimum Gasteiger partial charge on any atom is -0.368 e. The zero-order chi connectivity index (χ0) is 14.1. The molecule has 1 aromatic rings. The summed E-state index contributed by atoms with van der Waals surface area (Å²) in [6.07, 6.45) is 8.26. The smallest absolute Gasteiger partial charge is 0.329 e. The summed E-state index contributed by atoms with van der Waals surface area (Å²) in [6, 6.07) is 0.366. The van der Waals surface area contributed by atoms with E-state index >= 15 is 0 Å². The van der Waals surface area contributed by atoms with Gasteiger partial charge >= 0.3 is 5.69 Å². The number of nitrogens with zero attached hydrogens (tertiary/aromatic N) is 4. The van der Waals surface area contributed by atoms with Crippen molar-refractivity contribution in [2.24, 2.45) is 5.92 Å². The van der Waals surface area contributed by atoms with Crippen LogP contribution in [0.3, 0.4) is 0 Å². The van der Waals surface area contributed by atoms with Gasteiger partial charge in [0.05, 0.1) is 4.92 Å². The van der Waals surface area contributed by atoms with E-state index in [1.807, 2.05) is 0 Å². The average molecular weight is 277 g/mol. The zero-order valence-corrected chi connectivity index (χ0v) is 11.4. The molecular weight excluding hydrogens is 258 g/mol. The van der Waals surface area contributed by atoms with E-state index in [0.717, 1.165) is 19.4 Å². The molecule has 2 fully saturated rings. The van der Waals surface area contributed by atoms with Crippen molar-refractivity contribution < 1.29 is 4.92 Å². The molecule has 0 radical (unpaired) electrons. The van der Waals surface area contributed by atoms with Crippen molar-refractivity contribution in [3.05, 3.63) is 16.3 Å². The number of aromatic nitrogens is 2. The van der Waals surface area contributed by atoms with Crippen molar-refractivity contribution in [3.8, 4) is 0 Å². The number of nitrogens with two attached hydrogens (primary N) is 1. The summed E-state index contributed by atoms with van der Waals surface area (Å²) >= 11 is 0. The number of hydrogen-bond donors (Lipinski definition) is 1. The topological polar surface area (TPSA) is 98.2 Å². The highest BCUT2D eigenvalue weighted by Gasteiger charge is 2.36. The Hall–Kier alpha value is -1.92. The van der Waals surface area contributed by atoms with Gasteiger partial charge in [0.25, 0.3) is 0 Å². The van der Waals surface area contributed by atoms with E-state index in [-0.39, 0.29) is 11.6 Å². The van der Waals surface area contributed by atoms with Crippen LogP contribution in [0.1, 0.15) is 38.5 Å². The Balaban J connectivity index is 1.98. The fraction of sp³-hybridized carbons (Fsp3) is 0.692. The summed E-state index contributed by atoms with van der Waals surface area (Å²) in [7, 11) is 0.